The van der Waals surface area contributed by atoms with Gasteiger partial charge in [-0.25, -0.2) is 0 Å². The molecule has 148 valence electrons. The second-order valence-electron chi connectivity index (χ2n) is 6.13. The summed E-state index contributed by atoms with van der Waals surface area (Å²) in [5.41, 5.74) is 0.956. The minimum absolute atomic E-state index is 0.0338. The van der Waals surface area contributed by atoms with Crippen LogP contribution >= 0.6 is 7.60 Å². The number of ether oxygens (including phenoxy) is 1. The van der Waals surface area contributed by atoms with Crippen LogP contribution in [0.2, 0.25) is 0 Å². The van der Waals surface area contributed by atoms with Crippen molar-refractivity contribution < 1.29 is 18.3 Å². The Hall–Kier alpha value is -1.88. The Balaban J connectivity index is 2.33. The number of H-pyrrole nitrogens is 1. The van der Waals surface area contributed by atoms with Crippen LogP contribution in [0.1, 0.15) is 40.0 Å². The second kappa shape index (κ2) is 10.5. The molecule has 0 radical (unpaired) electrons. The van der Waals surface area contributed by atoms with Crippen LogP contribution in [0, 0.1) is 0 Å². The lowest BCUT2D eigenvalue weighted by molar-refractivity contribution is 0.213. The quantitative estimate of drug-likeness (QED) is 0.569. The fraction of sp³-hybridized carbons (Fsp3) is 0.450. The van der Waals surface area contributed by atoms with Crippen LogP contribution in [-0.4, -0.2) is 24.8 Å². The minimum Gasteiger partial charge on any atom is -0.494 e. The summed E-state index contributed by atoms with van der Waals surface area (Å²) in [6.45, 7) is 7.01. The van der Waals surface area contributed by atoms with E-state index in [1.54, 1.807) is 6.07 Å². The van der Waals surface area contributed by atoms with Gasteiger partial charge in [0.2, 0.25) is 0 Å². The normalized spacial score (nSPS) is 11.5. The average Bonchev–Trinajstić information content (AvgIpc) is 2.69. The van der Waals surface area contributed by atoms with Gasteiger partial charge in [-0.1, -0.05) is 32.9 Å². The van der Waals surface area contributed by atoms with Gasteiger partial charge < -0.3 is 18.8 Å². The smallest absolute Gasteiger partial charge is 0.366 e. The number of aromatic nitrogens is 1. The van der Waals surface area contributed by atoms with Crippen molar-refractivity contribution in [2.24, 2.45) is 0 Å². The fourth-order valence-electron chi connectivity index (χ4n) is 2.42. The van der Waals surface area contributed by atoms with E-state index in [1.165, 1.54) is 6.07 Å². The van der Waals surface area contributed by atoms with Crippen LogP contribution in [0.4, 0.5) is 0 Å². The van der Waals surface area contributed by atoms with Gasteiger partial charge >= 0.3 is 7.60 Å². The number of hydrogen-bond acceptors (Lipinski definition) is 5. The molecular weight excluding hydrogens is 365 g/mol. The number of nitrogens with one attached hydrogen (secondary N) is 1. The van der Waals surface area contributed by atoms with Gasteiger partial charge in [-0.15, -0.1) is 0 Å². The maximum atomic E-state index is 13.1. The summed E-state index contributed by atoms with van der Waals surface area (Å²) in [6, 6.07) is 10.7. The summed E-state index contributed by atoms with van der Waals surface area (Å²) in [5, 5.41) is 0.0338. The summed E-state index contributed by atoms with van der Waals surface area (Å²) in [6.07, 6.45) is 2.28. The molecule has 0 atom stereocenters. The van der Waals surface area contributed by atoms with Crippen LogP contribution in [0.15, 0.2) is 41.2 Å². The largest absolute Gasteiger partial charge is 0.494 e. The van der Waals surface area contributed by atoms with Crippen molar-refractivity contribution in [2.75, 3.05) is 19.8 Å². The fourth-order valence-corrected chi connectivity index (χ4v) is 4.18. The molecule has 6 nitrogen and oxygen atoms in total. The van der Waals surface area contributed by atoms with Gasteiger partial charge in [-0.3, -0.25) is 9.36 Å². The van der Waals surface area contributed by atoms with Crippen molar-refractivity contribution in [1.82, 2.24) is 4.98 Å². The average molecular weight is 393 g/mol. The van der Waals surface area contributed by atoms with Crippen LogP contribution in [0.5, 0.6) is 5.75 Å². The number of rotatable bonds is 11. The molecule has 1 heterocycles. The molecule has 1 aromatic carbocycles. The molecule has 0 spiro atoms. The van der Waals surface area contributed by atoms with Crippen LogP contribution in [0.25, 0.3) is 11.3 Å². The molecule has 0 bridgehead atoms. The molecule has 0 aliphatic carbocycles. The van der Waals surface area contributed by atoms with Crippen molar-refractivity contribution in [3.63, 3.8) is 0 Å². The Morgan fingerprint density at radius 1 is 0.926 bits per heavy atom. The van der Waals surface area contributed by atoms with E-state index in [1.807, 2.05) is 45.0 Å². The molecule has 7 heteroatoms. The Morgan fingerprint density at radius 3 is 2.19 bits per heavy atom. The molecular formula is C20H28NO5P. The highest BCUT2D eigenvalue weighted by Gasteiger charge is 2.30. The highest BCUT2D eigenvalue weighted by atomic mass is 31.2. The van der Waals surface area contributed by atoms with Crippen molar-refractivity contribution in [1.29, 1.82) is 0 Å². The maximum absolute atomic E-state index is 13.1. The van der Waals surface area contributed by atoms with E-state index in [4.69, 9.17) is 13.8 Å². The zero-order valence-corrected chi connectivity index (χ0v) is 17.1. The molecule has 0 fully saturated rings. The Kier molecular flexibility index (Phi) is 8.29. The van der Waals surface area contributed by atoms with E-state index in [0.29, 0.717) is 25.1 Å². The van der Waals surface area contributed by atoms with E-state index in [2.05, 4.69) is 4.98 Å². The number of aromatic amines is 1. The van der Waals surface area contributed by atoms with Gasteiger partial charge in [-0.05, 0) is 43.5 Å². The zero-order chi connectivity index (χ0) is 19.7. The summed E-state index contributed by atoms with van der Waals surface area (Å²) >= 11 is 0. The van der Waals surface area contributed by atoms with Gasteiger partial charge in [0, 0.05) is 11.3 Å². The first-order valence-electron chi connectivity index (χ1n) is 9.40. The van der Waals surface area contributed by atoms with E-state index in [9.17, 15) is 9.36 Å². The third-order valence-corrected chi connectivity index (χ3v) is 5.72. The molecule has 2 rings (SSSR count). The molecule has 0 saturated heterocycles. The topological polar surface area (TPSA) is 77.6 Å². The molecule has 0 saturated carbocycles. The lowest BCUT2D eigenvalue weighted by atomic mass is 10.1. The van der Waals surface area contributed by atoms with Gasteiger partial charge in [0.1, 0.15) is 11.1 Å². The van der Waals surface area contributed by atoms with Crippen molar-refractivity contribution in [3.05, 3.63) is 46.8 Å². The van der Waals surface area contributed by atoms with Crippen LogP contribution in [0.3, 0.4) is 0 Å². The third kappa shape index (κ3) is 5.80. The molecule has 27 heavy (non-hydrogen) atoms. The summed E-state index contributed by atoms with van der Waals surface area (Å²) < 4.78 is 29.6. The van der Waals surface area contributed by atoms with E-state index >= 15 is 0 Å². The third-order valence-electron chi connectivity index (χ3n) is 3.73. The Labute approximate surface area is 160 Å². The van der Waals surface area contributed by atoms with Crippen molar-refractivity contribution in [2.45, 2.75) is 40.0 Å². The SMILES string of the molecule is CCCOc1cccc(-c2ccc(P(=O)(OCCC)OCCC)c(=O)[nH]2)c1. The van der Waals surface area contributed by atoms with Crippen LogP contribution < -0.4 is 15.6 Å². The first kappa shape index (κ1) is 21.4. The number of hydrogen-bond donors (Lipinski definition) is 1. The van der Waals surface area contributed by atoms with Crippen LogP contribution in [-0.2, 0) is 13.6 Å². The molecule has 1 N–H and O–H groups in total. The maximum Gasteiger partial charge on any atom is 0.366 e. The predicted octanol–water partition coefficient (Wildman–Crippen LogP) is 4.50. The lowest BCUT2D eigenvalue weighted by Gasteiger charge is -2.18. The Bertz CT molecular complexity index is 821. The summed E-state index contributed by atoms with van der Waals surface area (Å²) in [4.78, 5) is 15.4. The van der Waals surface area contributed by atoms with E-state index in [-0.39, 0.29) is 18.5 Å². The molecule has 2 aromatic rings. The monoisotopic (exact) mass is 393 g/mol. The molecule has 0 amide bonds. The molecule has 1 aromatic heterocycles. The van der Waals surface area contributed by atoms with Crippen molar-refractivity contribution in [3.8, 4) is 17.0 Å². The zero-order valence-electron chi connectivity index (χ0n) is 16.2. The highest BCUT2D eigenvalue weighted by molar-refractivity contribution is 7.62. The highest BCUT2D eigenvalue weighted by Crippen LogP contribution is 2.46. The van der Waals surface area contributed by atoms with E-state index in [0.717, 1.165) is 17.7 Å². The molecule has 0 aliphatic rings. The number of benzene rings is 1. The van der Waals surface area contributed by atoms with Gasteiger partial charge in [0.15, 0.2) is 0 Å². The lowest BCUT2D eigenvalue weighted by Crippen LogP contribution is -2.29. The molecule has 0 unspecified atom stereocenters. The first-order chi connectivity index (χ1) is 13.0. The van der Waals surface area contributed by atoms with Gasteiger partial charge in [0.25, 0.3) is 5.56 Å². The molecule has 0 aliphatic heterocycles. The standard InChI is InChI=1S/C20H28NO5P/c1-4-12-24-17-9-7-8-16(15-17)18-10-11-19(20(22)21-18)27(23,25-13-5-2)26-14-6-3/h7-11,15H,4-6,12-14H2,1-3H3,(H,21,22). The van der Waals surface area contributed by atoms with E-state index < -0.39 is 13.2 Å². The van der Waals surface area contributed by atoms with Gasteiger partial charge in [-0.2, -0.15) is 0 Å². The van der Waals surface area contributed by atoms with Crippen molar-refractivity contribution >= 4 is 12.9 Å². The Morgan fingerprint density at radius 2 is 1.59 bits per heavy atom. The second-order valence-corrected chi connectivity index (χ2v) is 8.12. The predicted molar refractivity (Wildman–Crippen MR) is 108 cm³/mol. The first-order valence-corrected chi connectivity index (χ1v) is 10.9. The minimum atomic E-state index is -3.65. The number of pyridine rings is 1. The van der Waals surface area contributed by atoms with Gasteiger partial charge in [0.05, 0.1) is 19.8 Å². The summed E-state index contributed by atoms with van der Waals surface area (Å²) in [5.74, 6) is 0.738. The summed E-state index contributed by atoms with van der Waals surface area (Å²) in [7, 11) is -3.65.